The Labute approximate surface area is 159 Å². The van der Waals surface area contributed by atoms with Gasteiger partial charge in [-0.3, -0.25) is 9.78 Å². The fourth-order valence-corrected chi connectivity index (χ4v) is 3.60. The van der Waals surface area contributed by atoms with Crippen molar-refractivity contribution in [2.24, 2.45) is 0 Å². The lowest BCUT2D eigenvalue weighted by Gasteiger charge is -2.34. The van der Waals surface area contributed by atoms with Crippen LogP contribution in [0.4, 0.5) is 0 Å². The molecule has 27 heavy (non-hydrogen) atoms. The van der Waals surface area contributed by atoms with Crippen LogP contribution >= 0.6 is 0 Å². The van der Waals surface area contributed by atoms with E-state index in [9.17, 15) is 4.79 Å². The maximum absolute atomic E-state index is 12.5. The van der Waals surface area contributed by atoms with E-state index in [1.165, 1.54) is 11.8 Å². The average molecular weight is 361 g/mol. The van der Waals surface area contributed by atoms with Gasteiger partial charge in [-0.15, -0.1) is 0 Å². The monoisotopic (exact) mass is 361 g/mol. The average Bonchev–Trinajstić information content (AvgIpc) is 3.28. The van der Waals surface area contributed by atoms with Gasteiger partial charge in [0, 0.05) is 25.3 Å². The second-order valence-corrected chi connectivity index (χ2v) is 6.84. The van der Waals surface area contributed by atoms with Crippen LogP contribution in [0.3, 0.4) is 0 Å². The summed E-state index contributed by atoms with van der Waals surface area (Å²) in [5.74, 6) is 0.0477. The van der Waals surface area contributed by atoms with Crippen LogP contribution in [-0.4, -0.2) is 34.9 Å². The molecule has 5 heteroatoms. The van der Waals surface area contributed by atoms with Crippen LogP contribution in [0.25, 0.3) is 0 Å². The van der Waals surface area contributed by atoms with Gasteiger partial charge in [0.25, 0.3) is 5.91 Å². The Bertz CT molecular complexity index is 802. The highest BCUT2D eigenvalue weighted by Crippen LogP contribution is 2.23. The lowest BCUT2D eigenvalue weighted by molar-refractivity contribution is 0.0702. The summed E-state index contributed by atoms with van der Waals surface area (Å²) in [7, 11) is 0. The number of aromatic nitrogens is 1. The van der Waals surface area contributed by atoms with Crippen LogP contribution in [0.2, 0.25) is 0 Å². The van der Waals surface area contributed by atoms with Gasteiger partial charge in [-0.05, 0) is 36.6 Å². The van der Waals surface area contributed by atoms with E-state index in [0.717, 1.165) is 31.6 Å². The van der Waals surface area contributed by atoms with E-state index < -0.39 is 0 Å². The van der Waals surface area contributed by atoms with Crippen molar-refractivity contribution in [3.8, 4) is 0 Å². The molecule has 0 bridgehead atoms. The summed E-state index contributed by atoms with van der Waals surface area (Å²) in [5, 5.41) is 3.76. The zero-order valence-corrected chi connectivity index (χ0v) is 15.1. The molecular weight excluding hydrogens is 338 g/mol. The highest BCUT2D eigenvalue weighted by molar-refractivity contribution is 5.93. The first-order valence-electron chi connectivity index (χ1n) is 9.34. The maximum Gasteiger partial charge on any atom is 0.257 e. The molecule has 138 valence electrons. The molecule has 0 spiro atoms. The van der Waals surface area contributed by atoms with Gasteiger partial charge in [-0.1, -0.05) is 36.4 Å². The van der Waals surface area contributed by atoms with Crippen molar-refractivity contribution in [3.63, 3.8) is 0 Å². The fraction of sp³-hybridized carbons (Fsp3) is 0.273. The Balaban J connectivity index is 1.43. The summed E-state index contributed by atoms with van der Waals surface area (Å²) in [4.78, 5) is 18.9. The number of rotatable bonds is 5. The summed E-state index contributed by atoms with van der Waals surface area (Å²) >= 11 is 0. The molecule has 3 aromatic rings. The molecule has 5 nitrogen and oxygen atoms in total. The number of hydrogen-bond acceptors (Lipinski definition) is 4. The van der Waals surface area contributed by atoms with Crippen LogP contribution < -0.4 is 5.32 Å². The number of likely N-dealkylation sites (tertiary alicyclic amines) is 1. The fourth-order valence-electron chi connectivity index (χ4n) is 3.60. The van der Waals surface area contributed by atoms with Gasteiger partial charge in [0.15, 0.2) is 0 Å². The quantitative estimate of drug-likeness (QED) is 0.753. The Kier molecular flexibility index (Phi) is 5.30. The first kappa shape index (κ1) is 17.5. The van der Waals surface area contributed by atoms with Crippen LogP contribution in [0.15, 0.2) is 77.7 Å². The molecule has 1 fully saturated rings. The second-order valence-electron chi connectivity index (χ2n) is 6.84. The molecule has 4 rings (SSSR count). The smallest absolute Gasteiger partial charge is 0.257 e. The normalized spacial score (nSPS) is 16.2. The van der Waals surface area contributed by atoms with Gasteiger partial charge in [-0.25, -0.2) is 0 Å². The van der Waals surface area contributed by atoms with E-state index in [1.54, 1.807) is 12.3 Å². The number of piperidine rings is 1. The number of nitrogens with one attached hydrogen (secondary N) is 1. The largest absolute Gasteiger partial charge is 0.472 e. The molecular formula is C22H23N3O2. The first-order chi connectivity index (χ1) is 13.3. The van der Waals surface area contributed by atoms with Crippen LogP contribution in [0, 0.1) is 0 Å². The molecule has 1 aliphatic heterocycles. The van der Waals surface area contributed by atoms with Crippen molar-refractivity contribution in [2.75, 3.05) is 13.1 Å². The third-order valence-electron chi connectivity index (χ3n) is 5.07. The molecule has 0 aliphatic carbocycles. The van der Waals surface area contributed by atoms with Crippen LogP contribution in [0.5, 0.6) is 0 Å². The molecule has 1 aliphatic rings. The molecule has 0 radical (unpaired) electrons. The molecule has 1 amide bonds. The second kappa shape index (κ2) is 8.18. The van der Waals surface area contributed by atoms with Gasteiger partial charge >= 0.3 is 0 Å². The Morgan fingerprint density at radius 3 is 2.52 bits per heavy atom. The predicted octanol–water partition coefficient (Wildman–Crippen LogP) is 3.66. The van der Waals surface area contributed by atoms with E-state index in [-0.39, 0.29) is 11.9 Å². The Morgan fingerprint density at radius 2 is 1.85 bits per heavy atom. The summed E-state index contributed by atoms with van der Waals surface area (Å²) in [6, 6.07) is 18.5. The maximum atomic E-state index is 12.5. The third kappa shape index (κ3) is 4.09. The van der Waals surface area contributed by atoms with E-state index in [2.05, 4.69) is 40.6 Å². The molecule has 1 atom stereocenters. The van der Waals surface area contributed by atoms with E-state index in [1.807, 2.05) is 29.3 Å². The van der Waals surface area contributed by atoms with Gasteiger partial charge in [0.1, 0.15) is 6.26 Å². The highest BCUT2D eigenvalue weighted by atomic mass is 16.3. The standard InChI is InChI=1S/C22H23N3O2/c26-22(18-11-15-27-16-18)25-13-9-19(10-14-25)24-21(17-6-2-1-3-7-17)20-8-4-5-12-23-20/h1-8,11-12,15-16,19,21,24H,9-10,13-14H2. The Hall–Kier alpha value is -2.92. The van der Waals surface area contributed by atoms with Crippen molar-refractivity contribution in [1.82, 2.24) is 15.2 Å². The molecule has 1 unspecified atom stereocenters. The third-order valence-corrected chi connectivity index (χ3v) is 5.07. The number of amides is 1. The predicted molar refractivity (Wildman–Crippen MR) is 103 cm³/mol. The van der Waals surface area contributed by atoms with Crippen molar-refractivity contribution >= 4 is 5.91 Å². The number of pyridine rings is 1. The summed E-state index contributed by atoms with van der Waals surface area (Å²) < 4.78 is 5.03. The number of furan rings is 1. The van der Waals surface area contributed by atoms with Gasteiger partial charge in [0.05, 0.1) is 23.6 Å². The number of hydrogen-bond donors (Lipinski definition) is 1. The summed E-state index contributed by atoms with van der Waals surface area (Å²) in [6.45, 7) is 1.48. The minimum Gasteiger partial charge on any atom is -0.472 e. The zero-order valence-electron chi connectivity index (χ0n) is 15.1. The SMILES string of the molecule is O=C(c1ccoc1)N1CCC(NC(c2ccccc2)c2ccccn2)CC1. The molecule has 1 N–H and O–H groups in total. The van der Waals surface area contributed by atoms with E-state index >= 15 is 0 Å². The minimum atomic E-state index is 0.0477. The summed E-state index contributed by atoms with van der Waals surface area (Å²) in [5.41, 5.74) is 2.84. The van der Waals surface area contributed by atoms with Crippen LogP contribution in [0.1, 0.15) is 40.5 Å². The van der Waals surface area contributed by atoms with Gasteiger partial charge < -0.3 is 14.6 Å². The minimum absolute atomic E-state index is 0.0477. The van der Waals surface area contributed by atoms with Crippen molar-refractivity contribution in [2.45, 2.75) is 24.9 Å². The van der Waals surface area contributed by atoms with Crippen molar-refractivity contribution < 1.29 is 9.21 Å². The van der Waals surface area contributed by atoms with Crippen molar-refractivity contribution in [1.29, 1.82) is 0 Å². The number of carbonyl (C=O) groups excluding carboxylic acids is 1. The Morgan fingerprint density at radius 1 is 1.07 bits per heavy atom. The topological polar surface area (TPSA) is 58.4 Å². The lowest BCUT2D eigenvalue weighted by Crippen LogP contribution is -2.46. The highest BCUT2D eigenvalue weighted by Gasteiger charge is 2.26. The first-order valence-corrected chi connectivity index (χ1v) is 9.34. The number of nitrogens with zero attached hydrogens (tertiary/aromatic N) is 2. The van der Waals surface area contributed by atoms with E-state index in [0.29, 0.717) is 11.6 Å². The number of benzene rings is 1. The van der Waals surface area contributed by atoms with Crippen molar-refractivity contribution in [3.05, 3.63) is 90.1 Å². The van der Waals surface area contributed by atoms with Gasteiger partial charge in [-0.2, -0.15) is 0 Å². The summed E-state index contributed by atoms with van der Waals surface area (Å²) in [6.07, 6.45) is 6.72. The molecule has 1 aromatic carbocycles. The number of carbonyl (C=O) groups is 1. The molecule has 2 aromatic heterocycles. The van der Waals surface area contributed by atoms with Crippen LogP contribution in [-0.2, 0) is 0 Å². The zero-order chi connectivity index (χ0) is 18.5. The molecule has 3 heterocycles. The van der Waals surface area contributed by atoms with E-state index in [4.69, 9.17) is 4.42 Å². The molecule has 0 saturated carbocycles. The molecule has 1 saturated heterocycles. The van der Waals surface area contributed by atoms with Gasteiger partial charge in [0.2, 0.25) is 0 Å². The lowest BCUT2D eigenvalue weighted by atomic mass is 9.98.